The average molecular weight is 1210 g/mol. The summed E-state index contributed by atoms with van der Waals surface area (Å²) in [6, 6.07) is 35.0. The lowest BCUT2D eigenvalue weighted by Gasteiger charge is -2.35. The number of likely N-dealkylation sites (tertiary alicyclic amines) is 1. The van der Waals surface area contributed by atoms with Gasteiger partial charge in [-0.3, -0.25) is 24.6 Å². The Morgan fingerprint density at radius 2 is 1.42 bits per heavy atom. The zero-order valence-corrected chi connectivity index (χ0v) is 51.8. The number of aliphatic hydroxyl groups excluding tert-OH is 2. The maximum atomic E-state index is 14.0. The number of fused-ring (bicyclic) bond motifs is 1. The molecule has 1 saturated carbocycles. The molecular formula is C69H83N9O9S. The number of amides is 4. The number of thiazole rings is 1. The summed E-state index contributed by atoms with van der Waals surface area (Å²) in [6.45, 7) is 10.3. The van der Waals surface area contributed by atoms with Crippen molar-refractivity contribution in [2.45, 2.75) is 135 Å². The Morgan fingerprint density at radius 1 is 0.750 bits per heavy atom. The van der Waals surface area contributed by atoms with Gasteiger partial charge in [0, 0.05) is 69.0 Å². The molecule has 4 aromatic carbocycles. The van der Waals surface area contributed by atoms with Crippen molar-refractivity contribution in [3.63, 3.8) is 0 Å². The van der Waals surface area contributed by atoms with Gasteiger partial charge < -0.3 is 54.4 Å². The van der Waals surface area contributed by atoms with Crippen LogP contribution in [-0.2, 0) is 46.5 Å². The Hall–Kier alpha value is -7.83. The van der Waals surface area contributed by atoms with Crippen molar-refractivity contribution in [2.75, 3.05) is 52.7 Å². The first-order valence-corrected chi connectivity index (χ1v) is 31.6. The van der Waals surface area contributed by atoms with Crippen LogP contribution in [-0.4, -0.2) is 135 Å². The summed E-state index contributed by atoms with van der Waals surface area (Å²) in [4.78, 5) is 65.0. The lowest BCUT2D eigenvalue weighted by Crippen LogP contribution is -2.57. The van der Waals surface area contributed by atoms with E-state index in [2.05, 4.69) is 73.7 Å². The molecule has 1 aliphatic carbocycles. The van der Waals surface area contributed by atoms with E-state index >= 15 is 0 Å². The van der Waals surface area contributed by atoms with Crippen LogP contribution >= 0.6 is 11.3 Å². The summed E-state index contributed by atoms with van der Waals surface area (Å²) in [5, 5.41) is 40.1. The maximum Gasteiger partial charge on any atom is 0.246 e. The van der Waals surface area contributed by atoms with E-state index < -0.39 is 29.5 Å². The van der Waals surface area contributed by atoms with Gasteiger partial charge in [-0.05, 0) is 90.8 Å². The smallest absolute Gasteiger partial charge is 0.246 e. The monoisotopic (exact) mass is 1210 g/mol. The van der Waals surface area contributed by atoms with Crippen molar-refractivity contribution >= 4 is 46.0 Å². The minimum atomic E-state index is -0.944. The fraction of sp³-hybridized carbons (Fsp3) is 0.435. The van der Waals surface area contributed by atoms with Crippen LogP contribution in [0.3, 0.4) is 0 Å². The van der Waals surface area contributed by atoms with Crippen molar-refractivity contribution < 1.29 is 43.6 Å². The predicted molar refractivity (Wildman–Crippen MR) is 341 cm³/mol. The normalized spacial score (nSPS) is 17.1. The summed E-state index contributed by atoms with van der Waals surface area (Å²) in [5.41, 5.74) is 11.2. The van der Waals surface area contributed by atoms with Gasteiger partial charge in [0.15, 0.2) is 0 Å². The number of β-amino-alcohol motifs (C(OH)–C–C–N with tert-alkyl or cyclic N) is 1. The third-order valence-electron chi connectivity index (χ3n) is 16.2. The molecule has 0 unspecified atom stereocenters. The second-order valence-corrected chi connectivity index (χ2v) is 24.6. The number of ether oxygens (including phenoxy) is 3. The number of hydrogen-bond donors (Lipinski definition) is 6. The lowest BCUT2D eigenvalue weighted by atomic mass is 9.85. The molecule has 19 heteroatoms. The molecular weight excluding hydrogens is 1130 g/mol. The molecule has 2 fully saturated rings. The molecule has 1 saturated heterocycles. The molecule has 0 bridgehead atoms. The zero-order valence-electron chi connectivity index (χ0n) is 51.0. The van der Waals surface area contributed by atoms with Crippen LogP contribution in [0.2, 0.25) is 0 Å². The summed E-state index contributed by atoms with van der Waals surface area (Å²) in [6.07, 6.45) is 6.33. The Labute approximate surface area is 519 Å². The highest BCUT2D eigenvalue weighted by Gasteiger charge is 2.44. The molecule has 6 N–H and O–H groups in total. The van der Waals surface area contributed by atoms with E-state index in [9.17, 15) is 34.8 Å². The van der Waals surface area contributed by atoms with Crippen molar-refractivity contribution in [2.24, 2.45) is 5.41 Å². The topological polar surface area (TPSA) is 235 Å². The molecule has 3 aromatic heterocycles. The van der Waals surface area contributed by atoms with Crippen molar-refractivity contribution in [3.05, 3.63) is 149 Å². The molecule has 464 valence electrons. The standard InChI is InChI=1S/C69H83N9O9S/c1-47-63(88-46-74-47)53-25-23-49(24-26-53)42-72-67(83)57-41-56(80)44-76(57)68(84)64(69(2,3)4)75-59(82)32-35-86-37-39-87-38-36-85-34-31-58(81)71-33-14-6-5-9-16-48-17-15-18-50(40-48)43-77-62(52-21-12-8-13-22-52)60(51-19-10-7-11-20-51)61-65(70)78(45-73-66(61)77)54-27-29-55(79)30-28-54/h7-8,10-13,15,17-26,40,45-46,54-57,64,70,79-80H,5-6,14,27-39,41-44H2,1-4H3,(H,71,81)(H,72,83)(H,75,82)/t54?,55?,56-,57+,64-/m1/s1. The minimum Gasteiger partial charge on any atom is -0.393 e. The fourth-order valence-electron chi connectivity index (χ4n) is 11.5. The molecule has 88 heavy (non-hydrogen) atoms. The van der Waals surface area contributed by atoms with Crippen LogP contribution in [0.25, 0.3) is 43.9 Å². The van der Waals surface area contributed by atoms with E-state index in [4.69, 9.17) is 19.2 Å². The van der Waals surface area contributed by atoms with E-state index in [1.54, 1.807) is 11.3 Å². The average Bonchev–Trinajstić information content (AvgIpc) is 1.96. The summed E-state index contributed by atoms with van der Waals surface area (Å²) < 4.78 is 21.1. The van der Waals surface area contributed by atoms with Crippen LogP contribution < -0.4 is 21.4 Å². The maximum absolute atomic E-state index is 14.0. The molecule has 9 rings (SSSR count). The van der Waals surface area contributed by atoms with Gasteiger partial charge in [0.05, 0.1) is 85.3 Å². The quantitative estimate of drug-likeness (QED) is 0.0210. The van der Waals surface area contributed by atoms with E-state index in [1.165, 1.54) is 4.90 Å². The molecule has 1 aliphatic heterocycles. The van der Waals surface area contributed by atoms with Crippen molar-refractivity contribution in [1.29, 1.82) is 5.41 Å². The van der Waals surface area contributed by atoms with Crippen LogP contribution in [0.4, 0.5) is 0 Å². The van der Waals surface area contributed by atoms with Gasteiger partial charge in [-0.1, -0.05) is 130 Å². The third-order valence-corrected chi connectivity index (χ3v) is 17.1. The van der Waals surface area contributed by atoms with Gasteiger partial charge in [-0.15, -0.1) is 11.3 Å². The summed E-state index contributed by atoms with van der Waals surface area (Å²) in [5.74, 6) is 5.42. The number of aliphatic hydroxyl groups is 2. The van der Waals surface area contributed by atoms with Gasteiger partial charge in [-0.2, -0.15) is 0 Å². The lowest BCUT2D eigenvalue weighted by molar-refractivity contribution is -0.144. The second-order valence-electron chi connectivity index (χ2n) is 23.8. The predicted octanol–water partition coefficient (Wildman–Crippen LogP) is 8.88. The van der Waals surface area contributed by atoms with Gasteiger partial charge >= 0.3 is 0 Å². The Morgan fingerprint density at radius 3 is 2.09 bits per heavy atom. The number of rotatable bonds is 27. The number of aromatic nitrogens is 4. The van der Waals surface area contributed by atoms with Crippen LogP contribution in [0, 0.1) is 29.6 Å². The number of carbonyl (C=O) groups excluding carboxylic acids is 4. The largest absolute Gasteiger partial charge is 0.393 e. The highest BCUT2D eigenvalue weighted by molar-refractivity contribution is 7.13. The first kappa shape index (κ1) is 64.6. The SMILES string of the molecule is Cc1ncsc1-c1ccc(CNC(=O)[C@@H]2C[C@@H](O)CN2C(=O)[C@@H](NC(=O)CCOCCOCCOCCC(=O)NCCCCC#Cc2cccc(Cn3c(-c4ccccc4)c(-c4ccccc4)c4c(=N)n(C5CCC(O)CC5)cnc43)c2)C(C)(C)C)cc1. The molecule has 0 spiro atoms. The number of carbonyl (C=O) groups is 4. The van der Waals surface area contributed by atoms with Crippen molar-refractivity contribution in [1.82, 2.24) is 40.0 Å². The molecule has 7 aromatic rings. The van der Waals surface area contributed by atoms with Gasteiger partial charge in [0.2, 0.25) is 23.6 Å². The van der Waals surface area contributed by atoms with Crippen LogP contribution in [0.1, 0.15) is 113 Å². The summed E-state index contributed by atoms with van der Waals surface area (Å²) in [7, 11) is 0. The number of nitrogens with zero attached hydrogens (tertiary/aromatic N) is 5. The fourth-order valence-corrected chi connectivity index (χ4v) is 12.3. The second kappa shape index (κ2) is 31.4. The molecule has 2 aliphatic rings. The molecule has 18 nitrogen and oxygen atoms in total. The number of benzene rings is 4. The Bertz CT molecular complexity index is 3580. The first-order chi connectivity index (χ1) is 42.6. The van der Waals surface area contributed by atoms with Gasteiger partial charge in [0.25, 0.3) is 0 Å². The molecule has 0 radical (unpaired) electrons. The van der Waals surface area contributed by atoms with E-state index in [-0.39, 0.29) is 88.6 Å². The highest BCUT2D eigenvalue weighted by Crippen LogP contribution is 2.40. The Kier molecular flexibility index (Phi) is 23.0. The first-order valence-electron chi connectivity index (χ1n) is 30.7. The van der Waals surface area contributed by atoms with Gasteiger partial charge in [0.1, 0.15) is 23.2 Å². The number of unbranched alkanes of at least 4 members (excludes halogenated alkanes) is 2. The van der Waals surface area contributed by atoms with Crippen molar-refractivity contribution in [3.8, 4) is 44.7 Å². The van der Waals surface area contributed by atoms with Crippen LogP contribution in [0.5, 0.6) is 0 Å². The van der Waals surface area contributed by atoms with E-state index in [0.29, 0.717) is 51.1 Å². The highest BCUT2D eigenvalue weighted by atomic mass is 32.1. The molecule has 4 amide bonds. The van der Waals surface area contributed by atoms with E-state index in [0.717, 1.165) is 91.9 Å². The Balaban J connectivity index is 0.641. The van der Waals surface area contributed by atoms with Gasteiger partial charge in [-0.25, -0.2) is 9.97 Å². The molecule has 4 heterocycles. The number of hydrogen-bond acceptors (Lipinski definition) is 13. The van der Waals surface area contributed by atoms with Crippen LogP contribution in [0.15, 0.2) is 121 Å². The number of aryl methyl sites for hydroxylation is 1. The summed E-state index contributed by atoms with van der Waals surface area (Å²) >= 11 is 1.57. The molecule has 3 atom stereocenters. The number of nitrogens with one attached hydrogen (secondary N) is 4. The minimum absolute atomic E-state index is 0.00910. The third kappa shape index (κ3) is 17.3. The van der Waals surface area contributed by atoms with E-state index in [1.807, 2.05) is 117 Å². The zero-order chi connectivity index (χ0) is 62.0.